The van der Waals surface area contributed by atoms with Crippen LogP contribution in [-0.4, -0.2) is 0 Å². The van der Waals surface area contributed by atoms with Crippen LogP contribution in [0.15, 0.2) is 48.5 Å². The van der Waals surface area contributed by atoms with Gasteiger partial charge in [-0.15, -0.1) is 6.42 Å². The van der Waals surface area contributed by atoms with E-state index >= 15 is 0 Å². The van der Waals surface area contributed by atoms with Gasteiger partial charge in [-0.3, -0.25) is 0 Å². The standard InChI is InChI=1S/C15H10ClO/c1-2-15(12-7-6-8-13(16)11-12)17-14-9-4-3-5-10-14/h1,4-11,15H. The predicted molar refractivity (Wildman–Crippen MR) is 68.9 cm³/mol. The van der Waals surface area contributed by atoms with Crippen LogP contribution in [0.4, 0.5) is 0 Å². The summed E-state index contributed by atoms with van der Waals surface area (Å²) in [6, 6.07) is 17.5. The quantitative estimate of drug-likeness (QED) is 0.741. The summed E-state index contributed by atoms with van der Waals surface area (Å²) in [7, 11) is 0. The van der Waals surface area contributed by atoms with Crippen molar-refractivity contribution in [2.24, 2.45) is 0 Å². The van der Waals surface area contributed by atoms with E-state index in [0.717, 1.165) is 5.56 Å². The van der Waals surface area contributed by atoms with Crippen molar-refractivity contribution in [3.8, 4) is 18.1 Å². The Balaban J connectivity index is 2.21. The van der Waals surface area contributed by atoms with Crippen molar-refractivity contribution < 1.29 is 4.74 Å². The van der Waals surface area contributed by atoms with E-state index in [4.69, 9.17) is 22.8 Å². The molecule has 1 radical (unpaired) electrons. The average Bonchev–Trinajstić information content (AvgIpc) is 2.37. The topological polar surface area (TPSA) is 9.23 Å². The smallest absolute Gasteiger partial charge is 0.184 e. The van der Waals surface area contributed by atoms with Crippen molar-refractivity contribution in [3.63, 3.8) is 0 Å². The molecule has 2 heteroatoms. The number of ether oxygens (including phenoxy) is 1. The van der Waals surface area contributed by atoms with Gasteiger partial charge in [-0.05, 0) is 30.3 Å². The highest BCUT2D eigenvalue weighted by Crippen LogP contribution is 2.23. The van der Waals surface area contributed by atoms with Crippen LogP contribution < -0.4 is 4.74 Å². The van der Waals surface area contributed by atoms with Crippen molar-refractivity contribution in [2.75, 3.05) is 0 Å². The number of hydrogen-bond donors (Lipinski definition) is 0. The van der Waals surface area contributed by atoms with Gasteiger partial charge in [-0.1, -0.05) is 41.8 Å². The zero-order chi connectivity index (χ0) is 12.1. The number of benzene rings is 2. The lowest BCUT2D eigenvalue weighted by molar-refractivity contribution is 0.265. The Morgan fingerprint density at radius 3 is 2.65 bits per heavy atom. The molecule has 2 aromatic carbocycles. The summed E-state index contributed by atoms with van der Waals surface area (Å²) < 4.78 is 5.69. The number of rotatable bonds is 3. The molecular formula is C15H10ClO. The van der Waals surface area contributed by atoms with Crippen LogP contribution in [0.5, 0.6) is 5.75 Å². The first-order chi connectivity index (χ1) is 8.29. The van der Waals surface area contributed by atoms with Crippen molar-refractivity contribution >= 4 is 11.6 Å². The first kappa shape index (κ1) is 11.6. The van der Waals surface area contributed by atoms with E-state index < -0.39 is 6.10 Å². The Bertz CT molecular complexity index is 528. The van der Waals surface area contributed by atoms with Gasteiger partial charge < -0.3 is 4.74 Å². The van der Waals surface area contributed by atoms with Crippen molar-refractivity contribution in [1.29, 1.82) is 0 Å². The molecule has 2 rings (SSSR count). The fourth-order valence-electron chi connectivity index (χ4n) is 1.45. The van der Waals surface area contributed by atoms with Gasteiger partial charge in [0.05, 0.1) is 0 Å². The molecule has 1 atom stereocenters. The first-order valence-electron chi connectivity index (χ1n) is 5.14. The maximum Gasteiger partial charge on any atom is 0.184 e. The van der Waals surface area contributed by atoms with Gasteiger partial charge in [0, 0.05) is 10.6 Å². The maximum absolute atomic E-state index is 5.92. The first-order valence-corrected chi connectivity index (χ1v) is 5.52. The minimum atomic E-state index is -0.434. The summed E-state index contributed by atoms with van der Waals surface area (Å²) >= 11 is 5.92. The lowest BCUT2D eigenvalue weighted by Crippen LogP contribution is -2.04. The lowest BCUT2D eigenvalue weighted by Gasteiger charge is -2.14. The molecule has 0 fully saturated rings. The molecule has 0 aliphatic rings. The third-order valence-corrected chi connectivity index (χ3v) is 2.48. The van der Waals surface area contributed by atoms with Crippen LogP contribution in [-0.2, 0) is 0 Å². The zero-order valence-corrected chi connectivity index (χ0v) is 9.82. The van der Waals surface area contributed by atoms with E-state index in [0.29, 0.717) is 10.8 Å². The summed E-state index contributed by atoms with van der Waals surface area (Å²) in [5.41, 5.74) is 0.868. The predicted octanol–water partition coefficient (Wildman–Crippen LogP) is 3.89. The van der Waals surface area contributed by atoms with Crippen molar-refractivity contribution in [2.45, 2.75) is 6.10 Å². The largest absolute Gasteiger partial charge is 0.473 e. The molecule has 1 unspecified atom stereocenters. The molecule has 0 aliphatic heterocycles. The Hall–Kier alpha value is -1.91. The Morgan fingerprint density at radius 1 is 1.24 bits per heavy atom. The highest BCUT2D eigenvalue weighted by Gasteiger charge is 2.09. The molecule has 0 heterocycles. The van der Waals surface area contributed by atoms with Gasteiger partial charge in [0.1, 0.15) is 5.75 Å². The zero-order valence-electron chi connectivity index (χ0n) is 9.06. The van der Waals surface area contributed by atoms with E-state index in [1.807, 2.05) is 24.3 Å². The Kier molecular flexibility index (Phi) is 3.69. The second-order valence-corrected chi connectivity index (χ2v) is 3.89. The molecule has 0 saturated carbocycles. The molecule has 0 saturated heterocycles. The minimum Gasteiger partial charge on any atom is -0.473 e. The van der Waals surface area contributed by atoms with Crippen LogP contribution in [0, 0.1) is 18.4 Å². The molecule has 0 aliphatic carbocycles. The van der Waals surface area contributed by atoms with Crippen LogP contribution in [0.1, 0.15) is 11.7 Å². The molecule has 83 valence electrons. The molecule has 2 aromatic rings. The minimum absolute atomic E-state index is 0.434. The van der Waals surface area contributed by atoms with E-state index in [9.17, 15) is 0 Å². The van der Waals surface area contributed by atoms with Crippen LogP contribution in [0.2, 0.25) is 5.02 Å². The third-order valence-electron chi connectivity index (χ3n) is 2.24. The molecule has 0 aromatic heterocycles. The number of hydrogen-bond acceptors (Lipinski definition) is 1. The second kappa shape index (κ2) is 5.43. The van der Waals surface area contributed by atoms with E-state index in [2.05, 4.69) is 12.0 Å². The molecule has 0 spiro atoms. The SMILES string of the molecule is C#CC(Oc1cc[c]cc1)c1cccc(Cl)c1. The summed E-state index contributed by atoms with van der Waals surface area (Å²) in [5.74, 6) is 3.32. The summed E-state index contributed by atoms with van der Waals surface area (Å²) in [4.78, 5) is 0. The van der Waals surface area contributed by atoms with Gasteiger partial charge in [-0.25, -0.2) is 0 Å². The fraction of sp³-hybridized carbons (Fsp3) is 0.0667. The third kappa shape index (κ3) is 3.03. The molecular weight excluding hydrogens is 232 g/mol. The normalized spacial score (nSPS) is 11.5. The van der Waals surface area contributed by atoms with E-state index in [-0.39, 0.29) is 0 Å². The van der Waals surface area contributed by atoms with Gasteiger partial charge in [0.25, 0.3) is 0 Å². The second-order valence-electron chi connectivity index (χ2n) is 3.46. The van der Waals surface area contributed by atoms with Crippen LogP contribution >= 0.6 is 11.6 Å². The van der Waals surface area contributed by atoms with Gasteiger partial charge >= 0.3 is 0 Å². The van der Waals surface area contributed by atoms with Gasteiger partial charge in [0.2, 0.25) is 0 Å². The van der Waals surface area contributed by atoms with Crippen LogP contribution in [0.3, 0.4) is 0 Å². The summed E-state index contributed by atoms with van der Waals surface area (Å²) in [6.45, 7) is 0. The molecule has 1 nitrogen and oxygen atoms in total. The van der Waals surface area contributed by atoms with Gasteiger partial charge in [0.15, 0.2) is 6.10 Å². The van der Waals surface area contributed by atoms with Crippen molar-refractivity contribution in [3.05, 3.63) is 65.2 Å². The average molecular weight is 242 g/mol. The monoisotopic (exact) mass is 241 g/mol. The molecule has 0 N–H and O–H groups in total. The summed E-state index contributed by atoms with van der Waals surface area (Å²) in [5, 5.41) is 0.646. The maximum atomic E-state index is 5.92. The van der Waals surface area contributed by atoms with E-state index in [1.165, 1.54) is 0 Å². The molecule has 0 bridgehead atoms. The highest BCUT2D eigenvalue weighted by molar-refractivity contribution is 6.30. The van der Waals surface area contributed by atoms with Gasteiger partial charge in [-0.2, -0.15) is 0 Å². The molecule has 0 amide bonds. The van der Waals surface area contributed by atoms with E-state index in [1.54, 1.807) is 24.3 Å². The molecule has 17 heavy (non-hydrogen) atoms. The lowest BCUT2D eigenvalue weighted by atomic mass is 10.1. The Labute approximate surface area is 106 Å². The number of halogens is 1. The Morgan fingerprint density at radius 2 is 2.00 bits per heavy atom. The fourth-order valence-corrected chi connectivity index (χ4v) is 1.65. The van der Waals surface area contributed by atoms with Crippen LogP contribution in [0.25, 0.3) is 0 Å². The highest BCUT2D eigenvalue weighted by atomic mass is 35.5. The summed E-state index contributed by atoms with van der Waals surface area (Å²) in [6.07, 6.45) is 5.04. The van der Waals surface area contributed by atoms with Crippen molar-refractivity contribution in [1.82, 2.24) is 0 Å². The number of terminal acetylenes is 1.